The lowest BCUT2D eigenvalue weighted by molar-refractivity contribution is -0.144. The topological polar surface area (TPSA) is 61.8 Å². The third-order valence-electron chi connectivity index (χ3n) is 2.71. The Morgan fingerprint density at radius 3 is 2.38 bits per heavy atom. The number of carbonyl (C=O) groups is 2. The molecule has 5 nitrogen and oxygen atoms in total. The number of hydrogen-bond acceptors (Lipinski definition) is 5. The predicted octanol–water partition coefficient (Wildman–Crippen LogP) is 3.05. The molecule has 0 amide bonds. The molecule has 0 spiro atoms. The number of rotatable bonds is 6. The Bertz CT molecular complexity index is 533. The van der Waals surface area contributed by atoms with Crippen molar-refractivity contribution in [2.75, 3.05) is 7.11 Å². The highest BCUT2D eigenvalue weighted by molar-refractivity contribution is 5.75. The van der Waals surface area contributed by atoms with Crippen molar-refractivity contribution < 1.29 is 23.8 Å². The van der Waals surface area contributed by atoms with E-state index in [0.717, 1.165) is 0 Å². The lowest BCUT2D eigenvalue weighted by atomic mass is 10.1. The quantitative estimate of drug-likeness (QED) is 0.458. The molecule has 0 aromatic heterocycles. The normalized spacial score (nSPS) is 11.7. The minimum atomic E-state index is -0.578. The zero-order chi connectivity index (χ0) is 16.0. The van der Waals surface area contributed by atoms with E-state index in [2.05, 4.69) is 6.58 Å². The summed E-state index contributed by atoms with van der Waals surface area (Å²) >= 11 is 0. The maximum absolute atomic E-state index is 11.6. The Morgan fingerprint density at radius 1 is 1.24 bits per heavy atom. The monoisotopic (exact) mass is 292 g/mol. The summed E-state index contributed by atoms with van der Waals surface area (Å²) in [6.45, 7) is 8.46. The summed E-state index contributed by atoms with van der Waals surface area (Å²) < 4.78 is 15.6. The summed E-state index contributed by atoms with van der Waals surface area (Å²) in [4.78, 5) is 22.7. The summed E-state index contributed by atoms with van der Waals surface area (Å²) in [5.74, 6) is -0.280. The van der Waals surface area contributed by atoms with Crippen molar-refractivity contribution in [1.29, 1.82) is 0 Å². The van der Waals surface area contributed by atoms with Crippen molar-refractivity contribution in [3.05, 3.63) is 36.4 Å². The van der Waals surface area contributed by atoms with Gasteiger partial charge in [0.2, 0.25) is 0 Å². The number of methoxy groups -OCH3 is 1. The Balaban J connectivity index is 3.04. The van der Waals surface area contributed by atoms with Crippen molar-refractivity contribution in [3.8, 4) is 11.5 Å². The van der Waals surface area contributed by atoms with Gasteiger partial charge in [-0.05, 0) is 18.2 Å². The van der Waals surface area contributed by atoms with Crippen LogP contribution in [0.15, 0.2) is 30.9 Å². The van der Waals surface area contributed by atoms with E-state index in [1.54, 1.807) is 32.0 Å². The smallest absolute Gasteiger partial charge is 0.313 e. The molecule has 0 bridgehead atoms. The van der Waals surface area contributed by atoms with Crippen LogP contribution in [0.1, 0.15) is 32.4 Å². The Morgan fingerprint density at radius 2 is 1.90 bits per heavy atom. The molecule has 21 heavy (non-hydrogen) atoms. The second kappa shape index (κ2) is 7.47. The molecule has 1 aromatic rings. The van der Waals surface area contributed by atoms with Crippen molar-refractivity contribution >= 4 is 11.9 Å². The van der Waals surface area contributed by atoms with E-state index in [9.17, 15) is 9.59 Å². The van der Waals surface area contributed by atoms with Crippen molar-refractivity contribution in [2.45, 2.75) is 26.9 Å². The molecule has 1 atom stereocenters. The van der Waals surface area contributed by atoms with Crippen LogP contribution in [0.25, 0.3) is 0 Å². The fraction of sp³-hybridized carbons (Fsp3) is 0.375. The van der Waals surface area contributed by atoms with E-state index in [-0.39, 0.29) is 11.9 Å². The second-order valence-electron chi connectivity index (χ2n) is 4.75. The highest BCUT2D eigenvalue weighted by Gasteiger charge is 2.17. The van der Waals surface area contributed by atoms with Crippen LogP contribution in [-0.4, -0.2) is 19.0 Å². The molecule has 114 valence electrons. The number of esters is 2. The van der Waals surface area contributed by atoms with Gasteiger partial charge in [-0.3, -0.25) is 9.59 Å². The number of ether oxygens (including phenoxy) is 3. The van der Waals surface area contributed by atoms with Gasteiger partial charge < -0.3 is 14.2 Å². The van der Waals surface area contributed by atoms with Gasteiger partial charge in [-0.1, -0.05) is 26.5 Å². The van der Waals surface area contributed by atoms with E-state index < -0.39 is 12.1 Å². The van der Waals surface area contributed by atoms with Gasteiger partial charge in [0.15, 0.2) is 11.5 Å². The maximum Gasteiger partial charge on any atom is 0.313 e. The van der Waals surface area contributed by atoms with Crippen molar-refractivity contribution in [2.24, 2.45) is 5.92 Å². The first kappa shape index (κ1) is 16.8. The molecule has 0 unspecified atom stereocenters. The fourth-order valence-corrected chi connectivity index (χ4v) is 1.60. The molecule has 0 aliphatic carbocycles. The lowest BCUT2D eigenvalue weighted by Crippen LogP contribution is -2.15. The molecule has 1 aromatic carbocycles. The molecule has 0 saturated heterocycles. The zero-order valence-corrected chi connectivity index (χ0v) is 12.7. The van der Waals surface area contributed by atoms with Gasteiger partial charge in [0.25, 0.3) is 0 Å². The molecule has 0 heterocycles. The van der Waals surface area contributed by atoms with Gasteiger partial charge in [0, 0.05) is 12.5 Å². The SMILES string of the molecule is C=C[C@H](OC(C)=O)c1ccc(OC(=O)C(C)C)c(OC)c1. The molecule has 0 aliphatic rings. The van der Waals surface area contributed by atoms with Crippen LogP contribution < -0.4 is 9.47 Å². The molecule has 5 heteroatoms. The van der Waals surface area contributed by atoms with Crippen LogP contribution in [0.4, 0.5) is 0 Å². The second-order valence-corrected chi connectivity index (χ2v) is 4.75. The maximum atomic E-state index is 11.6. The fourth-order valence-electron chi connectivity index (χ4n) is 1.60. The zero-order valence-electron chi connectivity index (χ0n) is 12.7. The van der Waals surface area contributed by atoms with Crippen LogP contribution in [0.3, 0.4) is 0 Å². The largest absolute Gasteiger partial charge is 0.493 e. The summed E-state index contributed by atoms with van der Waals surface area (Å²) in [5, 5.41) is 0. The van der Waals surface area contributed by atoms with Gasteiger partial charge in [-0.15, -0.1) is 0 Å². The van der Waals surface area contributed by atoms with E-state index in [1.807, 2.05) is 0 Å². The molecule has 0 fully saturated rings. The van der Waals surface area contributed by atoms with Crippen molar-refractivity contribution in [3.63, 3.8) is 0 Å². The molecule has 0 aliphatic heterocycles. The number of benzene rings is 1. The lowest BCUT2D eigenvalue weighted by Gasteiger charge is -2.16. The van der Waals surface area contributed by atoms with E-state index >= 15 is 0 Å². The summed E-state index contributed by atoms with van der Waals surface area (Å²) in [6.07, 6.45) is 0.932. The first-order valence-electron chi connectivity index (χ1n) is 6.58. The van der Waals surface area contributed by atoms with Crippen LogP contribution >= 0.6 is 0 Å². The predicted molar refractivity (Wildman–Crippen MR) is 78.2 cm³/mol. The van der Waals surface area contributed by atoms with E-state index in [0.29, 0.717) is 17.1 Å². The summed E-state index contributed by atoms with van der Waals surface area (Å²) in [7, 11) is 1.47. The van der Waals surface area contributed by atoms with Crippen LogP contribution in [0.2, 0.25) is 0 Å². The van der Waals surface area contributed by atoms with Crippen molar-refractivity contribution in [1.82, 2.24) is 0 Å². The Kier molecular flexibility index (Phi) is 5.96. The molecule has 0 saturated carbocycles. The van der Waals surface area contributed by atoms with Crippen LogP contribution in [0.5, 0.6) is 11.5 Å². The van der Waals surface area contributed by atoms with Gasteiger partial charge >= 0.3 is 11.9 Å². The summed E-state index contributed by atoms with van der Waals surface area (Å²) in [5.41, 5.74) is 0.682. The summed E-state index contributed by atoms with van der Waals surface area (Å²) in [6, 6.07) is 4.95. The van der Waals surface area contributed by atoms with E-state index in [4.69, 9.17) is 14.2 Å². The minimum absolute atomic E-state index is 0.239. The molecule has 0 radical (unpaired) electrons. The van der Waals surface area contributed by atoms with Gasteiger partial charge in [0.1, 0.15) is 6.10 Å². The third kappa shape index (κ3) is 4.63. The highest BCUT2D eigenvalue weighted by atomic mass is 16.6. The standard InChI is InChI=1S/C16H20O5/c1-6-13(20-11(4)17)12-7-8-14(15(9-12)19-5)21-16(18)10(2)3/h6-10,13H,1H2,2-5H3/t13-/m0/s1. The van der Waals surface area contributed by atoms with Gasteiger partial charge in [0.05, 0.1) is 13.0 Å². The Hall–Kier alpha value is -2.30. The van der Waals surface area contributed by atoms with E-state index in [1.165, 1.54) is 20.1 Å². The molecule has 0 N–H and O–H groups in total. The Labute approximate surface area is 124 Å². The van der Waals surface area contributed by atoms with Gasteiger partial charge in [-0.25, -0.2) is 0 Å². The van der Waals surface area contributed by atoms with Crippen LogP contribution in [0, 0.1) is 5.92 Å². The number of carbonyl (C=O) groups excluding carboxylic acids is 2. The highest BCUT2D eigenvalue weighted by Crippen LogP contribution is 2.32. The minimum Gasteiger partial charge on any atom is -0.493 e. The first-order valence-corrected chi connectivity index (χ1v) is 6.58. The van der Waals surface area contributed by atoms with Crippen LogP contribution in [-0.2, 0) is 14.3 Å². The van der Waals surface area contributed by atoms with Gasteiger partial charge in [-0.2, -0.15) is 0 Å². The first-order chi connectivity index (χ1) is 9.88. The number of hydrogen-bond donors (Lipinski definition) is 0. The molecular weight excluding hydrogens is 272 g/mol. The average molecular weight is 292 g/mol. The third-order valence-corrected chi connectivity index (χ3v) is 2.71. The molecule has 1 rings (SSSR count). The average Bonchev–Trinajstić information content (AvgIpc) is 2.44. The molecular formula is C16H20O5.